The van der Waals surface area contributed by atoms with Crippen molar-refractivity contribution in [1.29, 1.82) is 0 Å². The first-order valence-corrected chi connectivity index (χ1v) is 2.30. The van der Waals surface area contributed by atoms with Crippen LogP contribution in [0.25, 0.3) is 0 Å². The van der Waals surface area contributed by atoms with Crippen molar-refractivity contribution in [3.8, 4) is 0 Å². The second kappa shape index (κ2) is 13.4. The Labute approximate surface area is 106 Å². The molecule has 0 unspecified atom stereocenters. The molecule has 0 amide bonds. The van der Waals surface area contributed by atoms with Crippen LogP contribution in [-0.4, -0.2) is 0 Å². The third-order valence-corrected chi connectivity index (χ3v) is 0.544. The Kier molecular flexibility index (Phi) is 30.3. The second-order valence-electron chi connectivity index (χ2n) is 1.71. The van der Waals surface area contributed by atoms with Gasteiger partial charge in [0, 0.05) is 53.8 Å². The molecule has 0 atom stereocenters. The minimum Gasteiger partial charge on any atom is -0.448 e. The van der Waals surface area contributed by atoms with E-state index in [9.17, 15) is 0 Å². The van der Waals surface area contributed by atoms with Crippen molar-refractivity contribution in [3.63, 3.8) is 0 Å². The van der Waals surface area contributed by atoms with Gasteiger partial charge in [0.1, 0.15) is 0 Å². The monoisotopic (exact) mass is 384 g/mol. The van der Waals surface area contributed by atoms with Crippen molar-refractivity contribution in [1.82, 2.24) is 0 Å². The summed E-state index contributed by atoms with van der Waals surface area (Å²) in [5.74, 6) is 0.250. The summed E-state index contributed by atoms with van der Waals surface area (Å²) >= 11 is 0. The van der Waals surface area contributed by atoms with Crippen molar-refractivity contribution in [2.75, 3.05) is 0 Å². The molecule has 0 nitrogen and oxygen atoms in total. The van der Waals surface area contributed by atoms with E-state index in [1.807, 2.05) is 6.42 Å². The van der Waals surface area contributed by atoms with Crippen LogP contribution in [0.4, 0.5) is 0 Å². The predicted molar refractivity (Wildman–Crippen MR) is 39.4 cm³/mol. The Morgan fingerprint density at radius 1 is 0.900 bits per heavy atom. The SMILES string of the molecule is C.[CH2-]C([CH2-])[CH-]C([CH2-])[CH2-].[W].[Y]. The van der Waals surface area contributed by atoms with Crippen LogP contribution in [0.3, 0.4) is 0 Å². The smallest absolute Gasteiger partial charge is 0 e. The summed E-state index contributed by atoms with van der Waals surface area (Å²) in [5.41, 5.74) is 0. The Hall–Kier alpha value is 1.79. The Morgan fingerprint density at radius 3 is 1.10 bits per heavy atom. The number of hydrogen-bond acceptors (Lipinski definition) is 0. The zero-order chi connectivity index (χ0) is 5.86. The molecule has 61 valence electrons. The topological polar surface area (TPSA) is 0 Å². The molecule has 0 rings (SSSR count). The summed E-state index contributed by atoms with van der Waals surface area (Å²) < 4.78 is 0. The van der Waals surface area contributed by atoms with Gasteiger partial charge in [-0.1, -0.05) is 7.43 Å². The first-order valence-electron chi connectivity index (χ1n) is 2.30. The van der Waals surface area contributed by atoms with Crippen molar-refractivity contribution >= 4 is 0 Å². The standard InChI is InChI=1S/C7H11.CH4.W.Y/c1-6(2)5-7(3)4;;;/h5-7H,1-4H2;1H4;;/q-5;;;. The molecule has 0 saturated heterocycles. The van der Waals surface area contributed by atoms with Gasteiger partial charge in [-0.15, -0.1) is 0 Å². The van der Waals surface area contributed by atoms with Crippen molar-refractivity contribution < 1.29 is 53.8 Å². The zero-order valence-corrected chi connectivity index (χ0v) is 11.3. The zero-order valence-electron chi connectivity index (χ0n) is 5.55. The van der Waals surface area contributed by atoms with Gasteiger partial charge in [0.05, 0.1) is 0 Å². The summed E-state index contributed by atoms with van der Waals surface area (Å²) in [5, 5.41) is 0. The molecule has 0 spiro atoms. The third-order valence-electron chi connectivity index (χ3n) is 0.544. The van der Waals surface area contributed by atoms with Crippen molar-refractivity contribution in [2.45, 2.75) is 7.43 Å². The molecule has 0 aromatic heterocycles. The van der Waals surface area contributed by atoms with E-state index in [4.69, 9.17) is 0 Å². The van der Waals surface area contributed by atoms with Gasteiger partial charge in [-0.3, -0.25) is 0 Å². The van der Waals surface area contributed by atoms with Gasteiger partial charge in [-0.05, 0) is 0 Å². The van der Waals surface area contributed by atoms with E-state index in [0.717, 1.165) is 0 Å². The Morgan fingerprint density at radius 2 is 1.10 bits per heavy atom. The van der Waals surface area contributed by atoms with Crippen LogP contribution in [-0.2, 0) is 53.8 Å². The first-order chi connectivity index (χ1) is 3.13. The van der Waals surface area contributed by atoms with Crippen LogP contribution < -0.4 is 0 Å². The minimum absolute atomic E-state index is 0. The molecule has 0 aliphatic carbocycles. The van der Waals surface area contributed by atoms with E-state index in [0.29, 0.717) is 0 Å². The average Bonchev–Trinajstić information content (AvgIpc) is 1.27. The van der Waals surface area contributed by atoms with Gasteiger partial charge in [0.25, 0.3) is 0 Å². The molecule has 10 heavy (non-hydrogen) atoms. The maximum atomic E-state index is 3.63. The predicted octanol–water partition coefficient (Wildman–Crippen LogP) is 2.39. The largest absolute Gasteiger partial charge is 0.448 e. The van der Waals surface area contributed by atoms with Gasteiger partial charge < -0.3 is 46.0 Å². The molecule has 0 aromatic rings. The fourth-order valence-corrected chi connectivity index (χ4v) is 0.385. The molecular formula is C8H15WY-5. The molecule has 2 heteroatoms. The second-order valence-corrected chi connectivity index (χ2v) is 1.71. The fourth-order valence-electron chi connectivity index (χ4n) is 0.385. The maximum Gasteiger partial charge on any atom is 0 e. The van der Waals surface area contributed by atoms with Crippen LogP contribution in [0.1, 0.15) is 7.43 Å². The molecule has 0 aliphatic heterocycles. The fraction of sp³-hybridized carbons (Fsp3) is 0.375. The molecule has 0 heterocycles. The Balaban J connectivity index is -0.0000000600. The summed E-state index contributed by atoms with van der Waals surface area (Å²) in [7, 11) is 0. The number of rotatable bonds is 2. The van der Waals surface area contributed by atoms with Crippen molar-refractivity contribution in [3.05, 3.63) is 34.1 Å². The van der Waals surface area contributed by atoms with Gasteiger partial charge in [-0.25, -0.2) is 0 Å². The van der Waals surface area contributed by atoms with Crippen LogP contribution >= 0.6 is 0 Å². The van der Waals surface area contributed by atoms with Gasteiger partial charge in [0.15, 0.2) is 0 Å². The first kappa shape index (κ1) is 22.6. The summed E-state index contributed by atoms with van der Waals surface area (Å²) in [6.45, 7) is 14.5. The molecular weight excluding hydrogens is 369 g/mol. The maximum absolute atomic E-state index is 3.63. The van der Waals surface area contributed by atoms with E-state index < -0.39 is 0 Å². The van der Waals surface area contributed by atoms with E-state index in [1.54, 1.807) is 0 Å². The van der Waals surface area contributed by atoms with Crippen LogP contribution in [0.2, 0.25) is 0 Å². The van der Waals surface area contributed by atoms with Crippen LogP contribution in [0.15, 0.2) is 0 Å². The third kappa shape index (κ3) is 22.6. The van der Waals surface area contributed by atoms with Gasteiger partial charge in [0.2, 0.25) is 0 Å². The summed E-state index contributed by atoms with van der Waals surface area (Å²) in [6.07, 6.45) is 1.89. The molecule has 1 radical (unpaired) electrons. The van der Waals surface area contributed by atoms with Crippen LogP contribution in [0.5, 0.6) is 0 Å². The molecule has 0 aromatic carbocycles. The van der Waals surface area contributed by atoms with E-state index in [1.165, 1.54) is 0 Å². The number of hydrogen-bond donors (Lipinski definition) is 0. The minimum atomic E-state index is 0. The summed E-state index contributed by atoms with van der Waals surface area (Å²) in [4.78, 5) is 0. The van der Waals surface area contributed by atoms with E-state index in [-0.39, 0.29) is 73.0 Å². The van der Waals surface area contributed by atoms with E-state index in [2.05, 4.69) is 27.7 Å². The molecule has 0 bridgehead atoms. The van der Waals surface area contributed by atoms with E-state index >= 15 is 0 Å². The normalized spacial score (nSPS) is 7.80. The molecule has 0 saturated carbocycles. The van der Waals surface area contributed by atoms with Gasteiger partial charge >= 0.3 is 0 Å². The Bertz CT molecular complexity index is 38.5. The van der Waals surface area contributed by atoms with Crippen molar-refractivity contribution in [2.24, 2.45) is 11.8 Å². The van der Waals surface area contributed by atoms with Gasteiger partial charge in [-0.2, -0.15) is 0 Å². The van der Waals surface area contributed by atoms with Crippen LogP contribution in [0, 0.1) is 46.0 Å². The summed E-state index contributed by atoms with van der Waals surface area (Å²) in [6, 6.07) is 0. The molecule has 0 fully saturated rings. The quantitative estimate of drug-likeness (QED) is 0.642. The molecule has 0 aliphatic rings. The average molecular weight is 384 g/mol. The molecule has 0 N–H and O–H groups in total.